The fourth-order valence-corrected chi connectivity index (χ4v) is 3.31. The van der Waals surface area contributed by atoms with E-state index in [9.17, 15) is 4.79 Å². The topological polar surface area (TPSA) is 76.3 Å². The molecular formula is C22H22N4O3. The number of oxazole rings is 1. The largest absolute Gasteiger partial charge is 0.423 e. The molecule has 0 atom stereocenters. The fourth-order valence-electron chi connectivity index (χ4n) is 3.31. The van der Waals surface area contributed by atoms with Crippen molar-refractivity contribution in [3.05, 3.63) is 82.7 Å². The third kappa shape index (κ3) is 3.72. The third-order valence-electron chi connectivity index (χ3n) is 4.66. The molecule has 2 aromatic carbocycles. The molecule has 7 nitrogen and oxygen atoms in total. The molecule has 0 unspecified atom stereocenters. The molecule has 0 spiro atoms. The molecule has 29 heavy (non-hydrogen) atoms. The highest BCUT2D eigenvalue weighted by Crippen LogP contribution is 2.32. The van der Waals surface area contributed by atoms with Gasteiger partial charge >= 0.3 is 11.7 Å². The molecule has 1 N–H and O–H groups in total. The van der Waals surface area contributed by atoms with E-state index in [0.717, 1.165) is 28.1 Å². The highest BCUT2D eigenvalue weighted by molar-refractivity contribution is 5.65. The predicted molar refractivity (Wildman–Crippen MR) is 112 cm³/mol. The molecule has 0 bridgehead atoms. The Hall–Kier alpha value is -3.58. The van der Waals surface area contributed by atoms with Crippen molar-refractivity contribution in [2.75, 3.05) is 18.7 Å². The number of benzene rings is 2. The lowest BCUT2D eigenvalue weighted by molar-refractivity contribution is 0.202. The summed E-state index contributed by atoms with van der Waals surface area (Å²) in [5.41, 5.74) is 4.48. The van der Waals surface area contributed by atoms with Gasteiger partial charge in [0.05, 0.1) is 17.6 Å². The first-order chi connectivity index (χ1) is 14.1. The zero-order valence-electron chi connectivity index (χ0n) is 16.5. The van der Waals surface area contributed by atoms with Crippen molar-refractivity contribution < 1.29 is 9.15 Å². The second kappa shape index (κ2) is 7.81. The van der Waals surface area contributed by atoms with Crippen LogP contribution in [0, 0.1) is 13.8 Å². The van der Waals surface area contributed by atoms with Gasteiger partial charge in [0.15, 0.2) is 5.76 Å². The van der Waals surface area contributed by atoms with Crippen LogP contribution in [0.1, 0.15) is 11.1 Å². The number of aryl methyl sites for hydroxylation is 2. The summed E-state index contributed by atoms with van der Waals surface area (Å²) in [4.78, 5) is 21.0. The Labute approximate surface area is 168 Å². The summed E-state index contributed by atoms with van der Waals surface area (Å²) in [5, 5.41) is 0. The number of anilines is 2. The van der Waals surface area contributed by atoms with Gasteiger partial charge in [-0.15, -0.1) is 0 Å². The lowest BCUT2D eigenvalue weighted by Crippen LogP contribution is -2.20. The molecule has 0 fully saturated rings. The number of nitrogens with zero attached hydrogens (tertiary/aromatic N) is 3. The number of para-hydroxylation sites is 1. The molecule has 2 heterocycles. The highest BCUT2D eigenvalue weighted by atomic mass is 16.5. The third-order valence-corrected chi connectivity index (χ3v) is 4.66. The van der Waals surface area contributed by atoms with Crippen LogP contribution >= 0.6 is 0 Å². The van der Waals surface area contributed by atoms with E-state index in [1.54, 1.807) is 30.3 Å². The number of rotatable bonds is 6. The van der Waals surface area contributed by atoms with Crippen molar-refractivity contribution in [2.45, 2.75) is 13.8 Å². The Morgan fingerprint density at radius 2 is 2.03 bits per heavy atom. The molecule has 7 heteroatoms. The van der Waals surface area contributed by atoms with Crippen molar-refractivity contribution in [3.63, 3.8) is 0 Å². The highest BCUT2D eigenvalue weighted by Gasteiger charge is 2.18. The number of aromatic amines is 1. The standard InChI is InChI=1S/C22H22N4O3/c1-15-10-17(12-18(11-15)25-9-8-23-21(25)27)20-13-24-22(29-20)26(14-28-3)19-7-5-4-6-16(19)2/h4-13H,14H2,1-3H3,(H,23,27). The minimum atomic E-state index is -0.189. The van der Waals surface area contributed by atoms with Crippen LogP contribution < -0.4 is 10.6 Å². The number of methoxy groups -OCH3 is 1. The molecule has 2 aromatic heterocycles. The Morgan fingerprint density at radius 1 is 1.21 bits per heavy atom. The SMILES string of the molecule is COCN(c1ncc(-c2cc(C)cc(-n3cc[nH]c3=O)c2)o1)c1ccccc1C. The maximum Gasteiger partial charge on any atom is 0.330 e. The first-order valence-electron chi connectivity index (χ1n) is 9.23. The Bertz CT molecular complexity index is 1190. The maximum atomic E-state index is 12.0. The molecule has 0 aliphatic heterocycles. The van der Waals surface area contributed by atoms with Crippen LogP contribution in [0.2, 0.25) is 0 Å². The molecule has 0 aliphatic rings. The summed E-state index contributed by atoms with van der Waals surface area (Å²) in [6.45, 7) is 4.32. The van der Waals surface area contributed by atoms with Gasteiger partial charge in [-0.1, -0.05) is 18.2 Å². The molecule has 0 saturated heterocycles. The molecule has 4 rings (SSSR count). The van der Waals surface area contributed by atoms with Crippen LogP contribution in [0.3, 0.4) is 0 Å². The second-order valence-electron chi connectivity index (χ2n) is 6.83. The van der Waals surface area contributed by atoms with E-state index < -0.39 is 0 Å². The fraction of sp³-hybridized carbons (Fsp3) is 0.182. The summed E-state index contributed by atoms with van der Waals surface area (Å²) < 4.78 is 13.0. The van der Waals surface area contributed by atoms with Crippen LogP contribution in [0.15, 0.2) is 70.3 Å². The number of aromatic nitrogens is 3. The Balaban J connectivity index is 1.74. The van der Waals surface area contributed by atoms with Gasteiger partial charge < -0.3 is 14.1 Å². The van der Waals surface area contributed by atoms with E-state index in [4.69, 9.17) is 9.15 Å². The normalized spacial score (nSPS) is 11.0. The van der Waals surface area contributed by atoms with E-state index in [2.05, 4.69) is 9.97 Å². The van der Waals surface area contributed by atoms with Crippen molar-refractivity contribution >= 4 is 11.7 Å². The summed E-state index contributed by atoms with van der Waals surface area (Å²) >= 11 is 0. The minimum Gasteiger partial charge on any atom is -0.423 e. The smallest absolute Gasteiger partial charge is 0.330 e. The molecule has 0 saturated carbocycles. The Kier molecular flexibility index (Phi) is 5.05. The van der Waals surface area contributed by atoms with Crippen LogP contribution in [-0.4, -0.2) is 28.4 Å². The van der Waals surface area contributed by atoms with Crippen molar-refractivity contribution in [1.82, 2.24) is 14.5 Å². The van der Waals surface area contributed by atoms with E-state index >= 15 is 0 Å². The van der Waals surface area contributed by atoms with Crippen LogP contribution in [0.4, 0.5) is 11.7 Å². The summed E-state index contributed by atoms with van der Waals surface area (Å²) in [5.74, 6) is 0.614. The number of hydrogen-bond donors (Lipinski definition) is 1. The molecule has 0 radical (unpaired) electrons. The van der Waals surface area contributed by atoms with Gasteiger partial charge in [-0.05, 0) is 49.2 Å². The summed E-state index contributed by atoms with van der Waals surface area (Å²) in [6.07, 6.45) is 5.00. The predicted octanol–water partition coefficient (Wildman–Crippen LogP) is 4.18. The van der Waals surface area contributed by atoms with Gasteiger partial charge in [-0.3, -0.25) is 9.47 Å². The van der Waals surface area contributed by atoms with E-state index in [1.165, 1.54) is 0 Å². The monoisotopic (exact) mass is 390 g/mol. The van der Waals surface area contributed by atoms with Gasteiger partial charge in [0.2, 0.25) is 0 Å². The molecule has 148 valence electrons. The van der Waals surface area contributed by atoms with Gasteiger partial charge in [0, 0.05) is 25.1 Å². The Morgan fingerprint density at radius 3 is 2.76 bits per heavy atom. The number of ether oxygens (including phenoxy) is 1. The van der Waals surface area contributed by atoms with Crippen LogP contribution in [0.5, 0.6) is 0 Å². The first-order valence-corrected chi connectivity index (χ1v) is 9.23. The zero-order chi connectivity index (χ0) is 20.4. The van der Waals surface area contributed by atoms with Crippen molar-refractivity contribution in [2.24, 2.45) is 0 Å². The molecule has 0 aliphatic carbocycles. The molecule has 4 aromatic rings. The maximum absolute atomic E-state index is 12.0. The molecular weight excluding hydrogens is 368 g/mol. The van der Waals surface area contributed by atoms with Gasteiger partial charge in [-0.2, -0.15) is 0 Å². The average Bonchev–Trinajstić information content (AvgIpc) is 3.36. The van der Waals surface area contributed by atoms with Crippen LogP contribution in [-0.2, 0) is 4.74 Å². The van der Waals surface area contributed by atoms with E-state index in [1.807, 2.05) is 61.2 Å². The number of H-pyrrole nitrogens is 1. The van der Waals surface area contributed by atoms with Gasteiger partial charge in [0.1, 0.15) is 6.73 Å². The van der Waals surface area contributed by atoms with Crippen molar-refractivity contribution in [3.8, 4) is 17.0 Å². The minimum absolute atomic E-state index is 0.189. The van der Waals surface area contributed by atoms with E-state index in [-0.39, 0.29) is 5.69 Å². The summed E-state index contributed by atoms with van der Waals surface area (Å²) in [6, 6.07) is 14.3. The lowest BCUT2D eigenvalue weighted by atomic mass is 10.1. The van der Waals surface area contributed by atoms with Gasteiger partial charge in [0.25, 0.3) is 0 Å². The van der Waals surface area contributed by atoms with Crippen molar-refractivity contribution in [1.29, 1.82) is 0 Å². The summed E-state index contributed by atoms with van der Waals surface area (Å²) in [7, 11) is 1.64. The van der Waals surface area contributed by atoms with Gasteiger partial charge in [-0.25, -0.2) is 9.78 Å². The number of hydrogen-bond acceptors (Lipinski definition) is 5. The average molecular weight is 390 g/mol. The number of imidazole rings is 1. The van der Waals surface area contributed by atoms with E-state index in [0.29, 0.717) is 18.5 Å². The second-order valence-corrected chi connectivity index (χ2v) is 6.83. The quantitative estimate of drug-likeness (QED) is 0.500. The lowest BCUT2D eigenvalue weighted by Gasteiger charge is -2.21. The number of nitrogens with one attached hydrogen (secondary N) is 1. The van der Waals surface area contributed by atoms with Crippen LogP contribution in [0.25, 0.3) is 17.0 Å². The first kappa shape index (κ1) is 18.8. The zero-order valence-corrected chi connectivity index (χ0v) is 16.5. The molecule has 0 amide bonds.